The van der Waals surface area contributed by atoms with Gasteiger partial charge < -0.3 is 9.67 Å². The Labute approximate surface area is 116 Å². The van der Waals surface area contributed by atoms with Crippen molar-refractivity contribution < 1.29 is 5.11 Å². The van der Waals surface area contributed by atoms with Crippen LogP contribution >= 0.6 is 23.4 Å². The minimum atomic E-state index is 0.00953. The third-order valence-electron chi connectivity index (χ3n) is 2.80. The standard InChI is InChI=1S/C13H15ClN2OS/c1-9(10-4-3-5-11(14)6-10)18-13-15-7-12(8-17)16(13)2/h3-7,9,17H,8H2,1-2H3. The summed E-state index contributed by atoms with van der Waals surface area (Å²) in [6.07, 6.45) is 1.70. The molecule has 2 aromatic rings. The van der Waals surface area contributed by atoms with Crippen LogP contribution in [0, 0.1) is 0 Å². The monoisotopic (exact) mass is 282 g/mol. The zero-order chi connectivity index (χ0) is 13.1. The number of thioether (sulfide) groups is 1. The van der Waals surface area contributed by atoms with Crippen molar-refractivity contribution in [1.82, 2.24) is 9.55 Å². The van der Waals surface area contributed by atoms with Gasteiger partial charge in [0.05, 0.1) is 18.5 Å². The first kappa shape index (κ1) is 13.5. The van der Waals surface area contributed by atoms with E-state index in [0.29, 0.717) is 0 Å². The second kappa shape index (κ2) is 5.78. The molecule has 0 amide bonds. The van der Waals surface area contributed by atoms with Gasteiger partial charge in [-0.25, -0.2) is 4.98 Å². The summed E-state index contributed by atoms with van der Waals surface area (Å²) in [7, 11) is 1.91. The molecule has 0 fully saturated rings. The third kappa shape index (κ3) is 2.88. The maximum absolute atomic E-state index is 9.13. The minimum Gasteiger partial charge on any atom is -0.390 e. The molecule has 1 unspecified atom stereocenters. The van der Waals surface area contributed by atoms with Crippen molar-refractivity contribution in [3.05, 3.63) is 46.7 Å². The summed E-state index contributed by atoms with van der Waals surface area (Å²) in [6, 6.07) is 7.84. The lowest BCUT2D eigenvalue weighted by molar-refractivity contribution is 0.271. The Hall–Kier alpha value is -0.970. The van der Waals surface area contributed by atoms with Gasteiger partial charge in [0.15, 0.2) is 5.16 Å². The van der Waals surface area contributed by atoms with Crippen LogP contribution in [0.2, 0.25) is 5.02 Å². The van der Waals surface area contributed by atoms with Crippen LogP contribution in [0.15, 0.2) is 35.6 Å². The zero-order valence-corrected chi connectivity index (χ0v) is 11.9. The number of benzene rings is 1. The predicted molar refractivity (Wildman–Crippen MR) is 74.9 cm³/mol. The van der Waals surface area contributed by atoms with Crippen LogP contribution in [0.3, 0.4) is 0 Å². The molecule has 0 aliphatic carbocycles. The van der Waals surface area contributed by atoms with E-state index in [9.17, 15) is 0 Å². The number of hydrogen-bond acceptors (Lipinski definition) is 3. The highest BCUT2D eigenvalue weighted by atomic mass is 35.5. The second-order valence-corrected chi connectivity index (χ2v) is 5.81. The van der Waals surface area contributed by atoms with Gasteiger partial charge in [0.2, 0.25) is 0 Å². The van der Waals surface area contributed by atoms with E-state index in [1.54, 1.807) is 18.0 Å². The highest BCUT2D eigenvalue weighted by Gasteiger charge is 2.12. The van der Waals surface area contributed by atoms with Crippen LogP contribution in [0.4, 0.5) is 0 Å². The number of halogens is 1. The average molecular weight is 283 g/mol. The molecule has 1 atom stereocenters. The Kier molecular flexibility index (Phi) is 4.32. The molecule has 2 rings (SSSR count). The van der Waals surface area contributed by atoms with Crippen LogP contribution in [-0.4, -0.2) is 14.7 Å². The molecule has 0 spiro atoms. The van der Waals surface area contributed by atoms with E-state index in [1.807, 2.05) is 29.8 Å². The number of aliphatic hydroxyl groups excluding tert-OH is 1. The molecule has 3 nitrogen and oxygen atoms in total. The van der Waals surface area contributed by atoms with Crippen LogP contribution in [-0.2, 0) is 13.7 Å². The first-order valence-electron chi connectivity index (χ1n) is 5.65. The van der Waals surface area contributed by atoms with Crippen molar-refractivity contribution in [2.24, 2.45) is 7.05 Å². The summed E-state index contributed by atoms with van der Waals surface area (Å²) < 4.78 is 1.91. The van der Waals surface area contributed by atoms with Gasteiger partial charge in [0.25, 0.3) is 0 Å². The second-order valence-electron chi connectivity index (χ2n) is 4.06. The third-order valence-corrected chi connectivity index (χ3v) is 4.25. The van der Waals surface area contributed by atoms with Gasteiger partial charge in [0.1, 0.15) is 0 Å². The molecule has 1 heterocycles. The fraction of sp³-hybridized carbons (Fsp3) is 0.308. The van der Waals surface area contributed by atoms with Crippen molar-refractivity contribution in [3.63, 3.8) is 0 Å². The van der Waals surface area contributed by atoms with Crippen LogP contribution in [0.25, 0.3) is 0 Å². The lowest BCUT2D eigenvalue weighted by atomic mass is 10.2. The highest BCUT2D eigenvalue weighted by molar-refractivity contribution is 7.99. The number of aromatic nitrogens is 2. The molecule has 0 saturated carbocycles. The van der Waals surface area contributed by atoms with Crippen LogP contribution < -0.4 is 0 Å². The number of rotatable bonds is 4. The molecular weight excluding hydrogens is 268 g/mol. The maximum atomic E-state index is 9.13. The van der Waals surface area contributed by atoms with Gasteiger partial charge in [-0.1, -0.05) is 35.5 Å². The van der Waals surface area contributed by atoms with Crippen molar-refractivity contribution in [1.29, 1.82) is 0 Å². The molecule has 1 N–H and O–H groups in total. The largest absolute Gasteiger partial charge is 0.390 e. The molecule has 0 bridgehead atoms. The van der Waals surface area contributed by atoms with E-state index in [2.05, 4.69) is 18.0 Å². The Bertz CT molecular complexity index is 542. The molecular formula is C13H15ClN2OS. The first-order chi connectivity index (χ1) is 8.61. The Balaban J connectivity index is 2.16. The van der Waals surface area contributed by atoms with E-state index >= 15 is 0 Å². The molecule has 0 radical (unpaired) electrons. The average Bonchev–Trinajstić information content (AvgIpc) is 2.70. The fourth-order valence-corrected chi connectivity index (χ4v) is 2.85. The molecule has 0 saturated heterocycles. The summed E-state index contributed by atoms with van der Waals surface area (Å²) in [4.78, 5) is 4.31. The molecule has 0 aliphatic rings. The summed E-state index contributed by atoms with van der Waals surface area (Å²) in [5.41, 5.74) is 1.98. The topological polar surface area (TPSA) is 38.1 Å². The van der Waals surface area contributed by atoms with E-state index in [-0.39, 0.29) is 11.9 Å². The van der Waals surface area contributed by atoms with Crippen LogP contribution in [0.1, 0.15) is 23.4 Å². The summed E-state index contributed by atoms with van der Waals surface area (Å²) in [5, 5.41) is 11.0. The number of imidazole rings is 1. The normalized spacial score (nSPS) is 12.7. The van der Waals surface area contributed by atoms with Gasteiger partial charge in [-0.15, -0.1) is 0 Å². The molecule has 18 heavy (non-hydrogen) atoms. The van der Waals surface area contributed by atoms with Gasteiger partial charge in [-0.3, -0.25) is 0 Å². The Morgan fingerprint density at radius 3 is 2.89 bits per heavy atom. The minimum absolute atomic E-state index is 0.00953. The summed E-state index contributed by atoms with van der Waals surface area (Å²) in [5.74, 6) is 0. The van der Waals surface area contributed by atoms with E-state index in [1.165, 1.54) is 5.56 Å². The number of hydrogen-bond donors (Lipinski definition) is 1. The van der Waals surface area contributed by atoms with Gasteiger partial charge in [0, 0.05) is 17.3 Å². The molecule has 96 valence electrons. The lowest BCUT2D eigenvalue weighted by Gasteiger charge is -2.12. The maximum Gasteiger partial charge on any atom is 0.168 e. The summed E-state index contributed by atoms with van der Waals surface area (Å²) >= 11 is 7.64. The van der Waals surface area contributed by atoms with Crippen molar-refractivity contribution in [2.75, 3.05) is 0 Å². The number of aliphatic hydroxyl groups is 1. The molecule has 5 heteroatoms. The fourth-order valence-electron chi connectivity index (χ4n) is 1.67. The van der Waals surface area contributed by atoms with E-state index in [0.717, 1.165) is 15.9 Å². The molecule has 1 aromatic heterocycles. The quantitative estimate of drug-likeness (QED) is 0.873. The van der Waals surface area contributed by atoms with Crippen LogP contribution in [0.5, 0.6) is 0 Å². The van der Waals surface area contributed by atoms with Crippen molar-refractivity contribution in [2.45, 2.75) is 23.9 Å². The van der Waals surface area contributed by atoms with Gasteiger partial charge in [-0.2, -0.15) is 0 Å². The smallest absolute Gasteiger partial charge is 0.168 e. The predicted octanol–water partition coefficient (Wildman–Crippen LogP) is 3.42. The highest BCUT2D eigenvalue weighted by Crippen LogP contribution is 2.34. The molecule has 1 aromatic carbocycles. The first-order valence-corrected chi connectivity index (χ1v) is 6.91. The van der Waals surface area contributed by atoms with Crippen molar-refractivity contribution >= 4 is 23.4 Å². The van der Waals surface area contributed by atoms with Gasteiger partial charge in [-0.05, 0) is 24.6 Å². The molecule has 0 aliphatic heterocycles. The number of nitrogens with zero attached hydrogens (tertiary/aromatic N) is 2. The SMILES string of the molecule is CC(Sc1ncc(CO)n1C)c1cccc(Cl)c1. The summed E-state index contributed by atoms with van der Waals surface area (Å²) in [6.45, 7) is 2.12. The lowest BCUT2D eigenvalue weighted by Crippen LogP contribution is -1.98. The van der Waals surface area contributed by atoms with E-state index < -0.39 is 0 Å². The van der Waals surface area contributed by atoms with Crippen molar-refractivity contribution in [3.8, 4) is 0 Å². The van der Waals surface area contributed by atoms with Gasteiger partial charge >= 0.3 is 0 Å². The Morgan fingerprint density at radius 2 is 2.28 bits per heavy atom. The zero-order valence-electron chi connectivity index (χ0n) is 10.3. The Morgan fingerprint density at radius 1 is 1.50 bits per heavy atom. The van der Waals surface area contributed by atoms with E-state index in [4.69, 9.17) is 16.7 Å².